The van der Waals surface area contributed by atoms with Crippen LogP contribution >= 0.6 is 11.3 Å². The number of thiazole rings is 1. The minimum absolute atomic E-state index is 0.0202. The Kier molecular flexibility index (Phi) is 6.22. The second-order valence-corrected chi connectivity index (χ2v) is 7.57. The fourth-order valence-electron chi connectivity index (χ4n) is 2.47. The summed E-state index contributed by atoms with van der Waals surface area (Å²) >= 11 is 1.17. The van der Waals surface area contributed by atoms with Crippen LogP contribution in [0.15, 0.2) is 41.8 Å². The molecule has 0 fully saturated rings. The molecular formula is C21H19F3N2O2S. The summed E-state index contributed by atoms with van der Waals surface area (Å²) in [5, 5.41) is 1.97. The van der Waals surface area contributed by atoms with Gasteiger partial charge in [0.25, 0.3) is 5.91 Å². The Hall–Kier alpha value is -2.87. The van der Waals surface area contributed by atoms with E-state index in [0.717, 1.165) is 12.1 Å². The number of amides is 1. The van der Waals surface area contributed by atoms with Crippen molar-refractivity contribution in [1.82, 2.24) is 9.88 Å². The number of aromatic nitrogens is 1. The molecule has 3 rings (SSSR count). The van der Waals surface area contributed by atoms with Crippen LogP contribution in [0.3, 0.4) is 0 Å². The fourth-order valence-corrected chi connectivity index (χ4v) is 3.29. The summed E-state index contributed by atoms with van der Waals surface area (Å²) in [6.07, 6.45) is 0. The molecule has 0 radical (unpaired) electrons. The van der Waals surface area contributed by atoms with Gasteiger partial charge in [0.05, 0.1) is 0 Å². The van der Waals surface area contributed by atoms with Gasteiger partial charge in [0, 0.05) is 41.7 Å². The fraction of sp³-hybridized carbons (Fsp3) is 0.238. The molecule has 3 aromatic rings. The number of nitrogens with zero attached hydrogens (tertiary/aromatic N) is 2. The molecule has 0 N–H and O–H groups in total. The number of hydrogen-bond donors (Lipinski definition) is 0. The third-order valence-electron chi connectivity index (χ3n) is 4.40. The van der Waals surface area contributed by atoms with Crippen LogP contribution in [0, 0.1) is 17.5 Å². The first-order valence-corrected chi connectivity index (χ1v) is 9.73. The second-order valence-electron chi connectivity index (χ2n) is 6.71. The van der Waals surface area contributed by atoms with Crippen LogP contribution in [-0.4, -0.2) is 28.9 Å². The molecule has 0 aliphatic carbocycles. The van der Waals surface area contributed by atoms with Crippen molar-refractivity contribution in [3.63, 3.8) is 0 Å². The molecule has 0 saturated carbocycles. The van der Waals surface area contributed by atoms with Crippen LogP contribution in [0.5, 0.6) is 5.75 Å². The molecule has 0 aliphatic rings. The average Bonchev–Trinajstić information content (AvgIpc) is 3.16. The van der Waals surface area contributed by atoms with E-state index in [1.54, 1.807) is 17.3 Å². The van der Waals surface area contributed by atoms with E-state index in [1.165, 1.54) is 35.6 Å². The Morgan fingerprint density at radius 2 is 1.90 bits per heavy atom. The summed E-state index contributed by atoms with van der Waals surface area (Å²) in [5.74, 6) is -2.02. The number of carbonyl (C=O) groups excluding carboxylic acids is 1. The van der Waals surface area contributed by atoms with Crippen LogP contribution in [0.4, 0.5) is 13.2 Å². The molecule has 29 heavy (non-hydrogen) atoms. The molecule has 8 heteroatoms. The molecule has 0 atom stereocenters. The van der Waals surface area contributed by atoms with Gasteiger partial charge in [-0.15, -0.1) is 11.3 Å². The van der Waals surface area contributed by atoms with Gasteiger partial charge in [-0.25, -0.2) is 18.2 Å². The van der Waals surface area contributed by atoms with Crippen LogP contribution in [0.2, 0.25) is 0 Å². The Labute approximate surface area is 170 Å². The van der Waals surface area contributed by atoms with E-state index in [1.807, 2.05) is 13.8 Å². The van der Waals surface area contributed by atoms with E-state index >= 15 is 0 Å². The van der Waals surface area contributed by atoms with Crippen LogP contribution < -0.4 is 4.74 Å². The maximum absolute atomic E-state index is 14.6. The Morgan fingerprint density at radius 1 is 1.14 bits per heavy atom. The van der Waals surface area contributed by atoms with Crippen LogP contribution in [-0.2, 0) is 6.61 Å². The SMILES string of the molecule is CC(C)N(C)C(=O)c1csc(-c2ccc(OCc3ccc(F)cc3F)cc2F)n1. The molecule has 1 aromatic heterocycles. The van der Waals surface area contributed by atoms with Gasteiger partial charge in [-0.05, 0) is 38.1 Å². The highest BCUT2D eigenvalue weighted by molar-refractivity contribution is 7.13. The maximum atomic E-state index is 14.6. The molecule has 152 valence electrons. The zero-order valence-electron chi connectivity index (χ0n) is 16.1. The van der Waals surface area contributed by atoms with Gasteiger partial charge < -0.3 is 9.64 Å². The largest absolute Gasteiger partial charge is 0.489 e. The molecule has 1 amide bonds. The lowest BCUT2D eigenvalue weighted by atomic mass is 10.2. The topological polar surface area (TPSA) is 42.4 Å². The minimum Gasteiger partial charge on any atom is -0.489 e. The second kappa shape index (κ2) is 8.65. The minimum atomic E-state index is -0.728. The van der Waals surface area contributed by atoms with E-state index in [4.69, 9.17) is 4.74 Å². The molecule has 0 spiro atoms. The smallest absolute Gasteiger partial charge is 0.273 e. The molecule has 2 aromatic carbocycles. The van der Waals surface area contributed by atoms with Crippen molar-refractivity contribution in [2.75, 3.05) is 7.05 Å². The number of benzene rings is 2. The molecule has 1 heterocycles. The van der Waals surface area contributed by atoms with Gasteiger partial charge in [-0.3, -0.25) is 4.79 Å². The quantitative estimate of drug-likeness (QED) is 0.544. The number of carbonyl (C=O) groups is 1. The van der Waals surface area contributed by atoms with Gasteiger partial charge in [-0.2, -0.15) is 0 Å². The normalized spacial score (nSPS) is 11.0. The van der Waals surface area contributed by atoms with Gasteiger partial charge in [-0.1, -0.05) is 0 Å². The molecule has 0 saturated heterocycles. The number of ether oxygens (including phenoxy) is 1. The average molecular weight is 420 g/mol. The standard InChI is InChI=1S/C21H19F3N2O2S/c1-12(2)26(3)21(27)19-11-29-20(25-19)16-7-6-15(9-18(16)24)28-10-13-4-5-14(22)8-17(13)23/h4-9,11-12H,10H2,1-3H3. The monoisotopic (exact) mass is 420 g/mol. The lowest BCUT2D eigenvalue weighted by molar-refractivity contribution is 0.0750. The van der Waals surface area contributed by atoms with Crippen molar-refractivity contribution in [3.05, 3.63) is 70.5 Å². The molecule has 4 nitrogen and oxygen atoms in total. The predicted octanol–water partition coefficient (Wildman–Crippen LogP) is 5.29. The van der Waals surface area contributed by atoms with Gasteiger partial charge in [0.2, 0.25) is 0 Å². The van der Waals surface area contributed by atoms with E-state index < -0.39 is 17.5 Å². The van der Waals surface area contributed by atoms with Crippen molar-refractivity contribution >= 4 is 17.2 Å². The van der Waals surface area contributed by atoms with Crippen molar-refractivity contribution in [2.24, 2.45) is 0 Å². The first kappa shape index (κ1) is 20.9. The predicted molar refractivity (Wildman–Crippen MR) is 105 cm³/mol. The van der Waals surface area contributed by atoms with Gasteiger partial charge >= 0.3 is 0 Å². The van der Waals surface area contributed by atoms with Gasteiger partial charge in [0.1, 0.15) is 40.5 Å². The number of rotatable bonds is 6. The van der Waals surface area contributed by atoms with Crippen molar-refractivity contribution in [3.8, 4) is 16.3 Å². The van der Waals surface area contributed by atoms with E-state index in [0.29, 0.717) is 5.01 Å². The van der Waals surface area contributed by atoms with E-state index in [2.05, 4.69) is 4.98 Å². The van der Waals surface area contributed by atoms with Crippen LogP contribution in [0.25, 0.3) is 10.6 Å². The summed E-state index contributed by atoms with van der Waals surface area (Å²) < 4.78 is 46.6. The Balaban J connectivity index is 1.74. The van der Waals surface area contributed by atoms with Crippen molar-refractivity contribution in [2.45, 2.75) is 26.5 Å². The third-order valence-corrected chi connectivity index (χ3v) is 5.27. The Bertz CT molecular complexity index is 1040. The number of hydrogen-bond acceptors (Lipinski definition) is 4. The number of halogens is 3. The summed E-state index contributed by atoms with van der Waals surface area (Å²) in [7, 11) is 1.68. The van der Waals surface area contributed by atoms with E-state index in [9.17, 15) is 18.0 Å². The zero-order chi connectivity index (χ0) is 21.1. The maximum Gasteiger partial charge on any atom is 0.273 e. The summed E-state index contributed by atoms with van der Waals surface area (Å²) in [6.45, 7) is 3.62. The lowest BCUT2D eigenvalue weighted by Crippen LogP contribution is -2.33. The van der Waals surface area contributed by atoms with Crippen molar-refractivity contribution < 1.29 is 22.7 Å². The Morgan fingerprint density at radius 3 is 2.55 bits per heavy atom. The molecule has 0 unspecified atom stereocenters. The molecule has 0 aliphatic heterocycles. The van der Waals surface area contributed by atoms with E-state index in [-0.39, 0.29) is 41.1 Å². The highest BCUT2D eigenvalue weighted by atomic mass is 32.1. The highest BCUT2D eigenvalue weighted by Crippen LogP contribution is 2.29. The molecule has 0 bridgehead atoms. The third kappa shape index (κ3) is 4.76. The van der Waals surface area contributed by atoms with Gasteiger partial charge in [0.15, 0.2) is 0 Å². The zero-order valence-corrected chi connectivity index (χ0v) is 16.9. The highest BCUT2D eigenvalue weighted by Gasteiger charge is 2.19. The molecular weight excluding hydrogens is 401 g/mol. The summed E-state index contributed by atoms with van der Waals surface area (Å²) in [5.41, 5.74) is 0.655. The summed E-state index contributed by atoms with van der Waals surface area (Å²) in [6, 6.07) is 7.38. The van der Waals surface area contributed by atoms with Crippen LogP contribution in [0.1, 0.15) is 29.9 Å². The van der Waals surface area contributed by atoms with Crippen molar-refractivity contribution in [1.29, 1.82) is 0 Å². The lowest BCUT2D eigenvalue weighted by Gasteiger charge is -2.20. The summed E-state index contributed by atoms with van der Waals surface area (Å²) in [4.78, 5) is 18.1. The first-order valence-electron chi connectivity index (χ1n) is 8.85. The first-order chi connectivity index (χ1) is 13.8.